The number of carbonyl (C=O) groups is 3. The summed E-state index contributed by atoms with van der Waals surface area (Å²) in [5.74, 6) is -1.32. The highest BCUT2D eigenvalue weighted by atomic mass is 19.1. The van der Waals surface area contributed by atoms with Gasteiger partial charge in [0.15, 0.2) is 23.0 Å². The lowest BCUT2D eigenvalue weighted by molar-refractivity contribution is -0.552. The third-order valence-electron chi connectivity index (χ3n) is 14.2. The summed E-state index contributed by atoms with van der Waals surface area (Å²) in [6, 6.07) is 42.3. The molecule has 0 spiro atoms. The minimum atomic E-state index is -1.21. The van der Waals surface area contributed by atoms with Crippen molar-refractivity contribution in [3.05, 3.63) is 202 Å². The molecule has 3 heterocycles. The summed E-state index contributed by atoms with van der Waals surface area (Å²) < 4.78 is 29.4. The monoisotopic (exact) mass is 1030 g/mol. The number of ether oxygens (including phenoxy) is 1. The van der Waals surface area contributed by atoms with Gasteiger partial charge in [-0.15, -0.1) is 0 Å². The molecule has 5 N–H and O–H groups in total. The number of nitrogens with one attached hydrogen (secondary N) is 2. The van der Waals surface area contributed by atoms with Gasteiger partial charge in [-0.25, -0.2) is 19.0 Å². The van der Waals surface area contributed by atoms with Crippen LogP contribution in [0.2, 0.25) is 0 Å². The van der Waals surface area contributed by atoms with Gasteiger partial charge in [0.25, 0.3) is 5.91 Å². The number of aromatic carboxylic acids is 1. The fourth-order valence-corrected chi connectivity index (χ4v) is 10.3. The lowest BCUT2D eigenvalue weighted by atomic mass is 9.90. The molecule has 14 heteroatoms. The van der Waals surface area contributed by atoms with Crippen LogP contribution in [0.15, 0.2) is 167 Å². The Hall–Kier alpha value is -9.43. The Kier molecular flexibility index (Phi) is 13.8. The predicted molar refractivity (Wildman–Crippen MR) is 294 cm³/mol. The Bertz CT molecular complexity index is 4010. The second kappa shape index (κ2) is 21.4. The molecule has 0 radical (unpaired) electrons. The zero-order chi connectivity index (χ0) is 53.2. The number of carboxylic acids is 1. The minimum absolute atomic E-state index is 0.0638. The molecule has 1 aliphatic rings. The molecule has 1 aliphatic heterocycles. The van der Waals surface area contributed by atoms with Crippen LogP contribution in [0.3, 0.4) is 0 Å². The summed E-state index contributed by atoms with van der Waals surface area (Å²) in [4.78, 5) is 57.5. The maximum absolute atomic E-state index is 15.4. The topological polar surface area (TPSA) is 192 Å². The summed E-state index contributed by atoms with van der Waals surface area (Å²) in [6.07, 6.45) is 7.46. The average Bonchev–Trinajstić information content (AvgIpc) is 3.88. The molecule has 0 bridgehead atoms. The lowest BCUT2D eigenvalue weighted by Crippen LogP contribution is -2.44. The number of rotatable bonds is 18. The quantitative estimate of drug-likeness (QED) is 0.0238. The number of benzene rings is 8. The highest BCUT2D eigenvalue weighted by Crippen LogP contribution is 2.43. The van der Waals surface area contributed by atoms with Crippen molar-refractivity contribution in [2.24, 2.45) is 0 Å². The van der Waals surface area contributed by atoms with Crippen molar-refractivity contribution in [1.82, 2.24) is 10.3 Å². The summed E-state index contributed by atoms with van der Waals surface area (Å²) in [5, 5.41) is 41.0. The molecule has 8 aromatic carbocycles. The van der Waals surface area contributed by atoms with Crippen LogP contribution in [0.4, 0.5) is 10.2 Å². The van der Waals surface area contributed by atoms with E-state index in [1.807, 2.05) is 54.6 Å². The summed E-state index contributed by atoms with van der Waals surface area (Å²) in [6.45, 7) is 0.746. The Balaban J connectivity index is 0.665. The molecule has 0 saturated heterocycles. The van der Waals surface area contributed by atoms with Crippen LogP contribution in [-0.2, 0) is 12.8 Å². The Morgan fingerprint density at radius 1 is 0.701 bits per heavy atom. The first-order chi connectivity index (χ1) is 37.4. The number of amides is 1. The third kappa shape index (κ3) is 10.4. The highest BCUT2D eigenvalue weighted by molar-refractivity contribution is 6.21. The van der Waals surface area contributed by atoms with Gasteiger partial charge in [0.1, 0.15) is 40.2 Å². The van der Waals surface area contributed by atoms with Crippen LogP contribution in [0.5, 0.6) is 17.2 Å². The largest absolute Gasteiger partial charge is 0.508 e. The van der Waals surface area contributed by atoms with Gasteiger partial charge in [-0.1, -0.05) is 80.3 Å². The molecule has 10 aromatic rings. The number of carbonyl (C=O) groups excluding carboxylic acids is 2. The van der Waals surface area contributed by atoms with Crippen molar-refractivity contribution in [3.8, 4) is 39.6 Å². The number of carboxylic acid groups (broad SMARTS) is 1. The van der Waals surface area contributed by atoms with E-state index in [2.05, 4.69) is 10.6 Å². The minimum Gasteiger partial charge on any atom is -0.508 e. The molecule has 13 nitrogen and oxygen atoms in total. The van der Waals surface area contributed by atoms with E-state index in [4.69, 9.17) is 14.1 Å². The molecule has 11 rings (SSSR count). The lowest BCUT2D eigenvalue weighted by Gasteiger charge is -2.16. The van der Waals surface area contributed by atoms with Crippen LogP contribution in [0, 0.1) is 5.82 Å². The second-order valence-corrected chi connectivity index (χ2v) is 19.4. The van der Waals surface area contributed by atoms with Crippen LogP contribution in [0.1, 0.15) is 80.9 Å². The van der Waals surface area contributed by atoms with Crippen LogP contribution >= 0.6 is 0 Å². The molecule has 1 atom stereocenters. The third-order valence-corrected chi connectivity index (χ3v) is 14.2. The van der Waals surface area contributed by atoms with Gasteiger partial charge in [-0.2, -0.15) is 4.57 Å². The first-order valence-corrected chi connectivity index (χ1v) is 25.7. The van der Waals surface area contributed by atoms with E-state index >= 15 is 4.39 Å². The summed E-state index contributed by atoms with van der Waals surface area (Å²) in [7, 11) is 0. The number of nitrogens with zero attached hydrogens (tertiary/aromatic N) is 2. The number of aromatic hydroxyl groups is 2. The van der Waals surface area contributed by atoms with Crippen molar-refractivity contribution in [3.63, 3.8) is 0 Å². The van der Waals surface area contributed by atoms with E-state index in [9.17, 15) is 34.5 Å². The zero-order valence-corrected chi connectivity index (χ0v) is 41.7. The Morgan fingerprint density at radius 3 is 2.13 bits per heavy atom. The molecule has 1 amide bonds. The summed E-state index contributed by atoms with van der Waals surface area (Å²) >= 11 is 0. The Labute approximate surface area is 440 Å². The van der Waals surface area contributed by atoms with Gasteiger partial charge in [-0.3, -0.25) is 14.9 Å². The van der Waals surface area contributed by atoms with E-state index < -0.39 is 17.8 Å². The van der Waals surface area contributed by atoms with Crippen LogP contribution in [-0.4, -0.2) is 57.3 Å². The van der Waals surface area contributed by atoms with Crippen LogP contribution in [0.25, 0.3) is 65.9 Å². The molecule has 384 valence electrons. The van der Waals surface area contributed by atoms with E-state index in [0.29, 0.717) is 91.6 Å². The number of hydrogen-bond donors (Lipinski definition) is 5. The molecular formula is C63H52FN4O9+. The van der Waals surface area contributed by atoms with Gasteiger partial charge in [0.05, 0.1) is 12.2 Å². The second-order valence-electron chi connectivity index (χ2n) is 19.4. The molecular weight excluding hydrogens is 976 g/mol. The number of phenols is 2. The molecule has 2 aromatic heterocycles. The van der Waals surface area contributed by atoms with Gasteiger partial charge in [0, 0.05) is 57.6 Å². The van der Waals surface area contributed by atoms with E-state index in [0.717, 1.165) is 55.0 Å². The van der Waals surface area contributed by atoms with Gasteiger partial charge in [-0.05, 0) is 137 Å². The number of unbranched alkanes of at least 4 members (excludes halogenated alkanes) is 5. The average molecular weight is 1030 g/mol. The van der Waals surface area contributed by atoms with Crippen LogP contribution < -0.4 is 25.4 Å². The number of halogens is 1. The van der Waals surface area contributed by atoms with Crippen molar-refractivity contribution in [2.75, 3.05) is 18.5 Å². The fourth-order valence-electron chi connectivity index (χ4n) is 10.3. The van der Waals surface area contributed by atoms with Gasteiger partial charge < -0.3 is 29.8 Å². The maximum atomic E-state index is 15.4. The summed E-state index contributed by atoms with van der Waals surface area (Å²) in [5.41, 5.74) is 5.62. The van der Waals surface area contributed by atoms with E-state index in [1.54, 1.807) is 83.6 Å². The molecule has 0 aliphatic carbocycles. The van der Waals surface area contributed by atoms with Gasteiger partial charge >= 0.3 is 17.7 Å². The zero-order valence-electron chi connectivity index (χ0n) is 41.7. The molecule has 1 unspecified atom stereocenters. The van der Waals surface area contributed by atoms with Gasteiger partial charge in [0.2, 0.25) is 0 Å². The SMILES string of the molecule is O=C(NCCCCCCCCOc1ccc(CC2Nc3c(Cc4ccccc4)nc(-c4ccc(O)cc4)c[n+]3C2=O)cc1F)c1ccc(-c2c3ccc4cc(O)ccc4c3oc3c2ccc2cc(=O)ccc23)c(C(=O)O)c1. The number of phenolic OH excluding ortho intramolecular Hbond substituents is 2. The number of anilines is 1. The highest BCUT2D eigenvalue weighted by Gasteiger charge is 2.41. The standard InChI is InChI=1S/C63H51FN4O9/c64-52-30-38(32-54-62(73)68-36-55(39-13-18-43(69)19-14-39)66-53(60(68)67-54)31-37-10-6-5-7-11-37)12-27-56(52)76-29-9-4-2-1-3-8-28-65-61(72)42-17-22-48(51(35-42)63(74)75)57-49-23-15-40-33-44(70)20-25-46(40)58(49)77-59-47-26-21-45(71)34-41(47)16-24-50(57)59/h5-7,10-27,30,33-36,54H,1-4,8-9,28-29,31-32H2,(H4,65,69,70,71,72,74,75)/p+1. The predicted octanol–water partition coefficient (Wildman–Crippen LogP) is 11.9. The van der Waals surface area contributed by atoms with E-state index in [-0.39, 0.29) is 52.0 Å². The molecule has 0 fully saturated rings. The molecule has 0 saturated carbocycles. The number of hydrogen-bond acceptors (Lipinski definition) is 10. The fraction of sp³-hybridized carbons (Fsp3) is 0.175. The first-order valence-electron chi connectivity index (χ1n) is 25.7. The smallest absolute Gasteiger partial charge is 0.359 e. The van der Waals surface area contributed by atoms with Crippen molar-refractivity contribution >= 4 is 67.1 Å². The normalized spacial score (nSPS) is 13.1. The van der Waals surface area contributed by atoms with E-state index in [1.165, 1.54) is 24.3 Å². The molecule has 77 heavy (non-hydrogen) atoms. The maximum Gasteiger partial charge on any atom is 0.359 e. The number of fused-ring (bicyclic) bond motifs is 7. The number of aromatic nitrogens is 2. The first kappa shape index (κ1) is 49.8. The van der Waals surface area contributed by atoms with Crippen molar-refractivity contribution < 1.29 is 47.8 Å². The van der Waals surface area contributed by atoms with Crippen molar-refractivity contribution in [1.29, 1.82) is 0 Å². The van der Waals surface area contributed by atoms with Crippen molar-refractivity contribution in [2.45, 2.75) is 57.4 Å². The Morgan fingerprint density at radius 2 is 1.39 bits per heavy atom.